The van der Waals surface area contributed by atoms with Crippen molar-refractivity contribution in [2.24, 2.45) is 0 Å². The first kappa shape index (κ1) is 16.7. The number of anilines is 1. The Labute approximate surface area is 152 Å². The molecule has 2 aromatic carbocycles. The fourth-order valence-corrected chi connectivity index (χ4v) is 3.57. The van der Waals surface area contributed by atoms with E-state index in [4.69, 9.17) is 23.8 Å². The SMILES string of the molecule is O=C([O-])c1ccc(/C=C2/SC(=S)N(c3ccc(Cl)cc3)C2=O)cc1. The quantitative estimate of drug-likeness (QED) is 0.610. The number of amides is 1. The molecule has 0 spiro atoms. The van der Waals surface area contributed by atoms with Crippen molar-refractivity contribution in [3.63, 3.8) is 0 Å². The molecule has 0 saturated carbocycles. The van der Waals surface area contributed by atoms with Gasteiger partial charge in [-0.1, -0.05) is 59.8 Å². The molecule has 1 heterocycles. The van der Waals surface area contributed by atoms with E-state index in [0.29, 0.717) is 25.5 Å². The van der Waals surface area contributed by atoms with Crippen LogP contribution in [0.2, 0.25) is 5.02 Å². The summed E-state index contributed by atoms with van der Waals surface area (Å²) in [6, 6.07) is 12.9. The second kappa shape index (κ2) is 6.76. The summed E-state index contributed by atoms with van der Waals surface area (Å²) in [7, 11) is 0. The van der Waals surface area contributed by atoms with Crippen molar-refractivity contribution in [3.8, 4) is 0 Å². The number of halogens is 1. The lowest BCUT2D eigenvalue weighted by atomic mass is 10.1. The van der Waals surface area contributed by atoms with E-state index < -0.39 is 5.97 Å². The summed E-state index contributed by atoms with van der Waals surface area (Å²) >= 11 is 12.3. The van der Waals surface area contributed by atoms with Gasteiger partial charge in [0.25, 0.3) is 5.91 Å². The zero-order chi connectivity index (χ0) is 17.3. The minimum Gasteiger partial charge on any atom is -0.545 e. The van der Waals surface area contributed by atoms with Crippen LogP contribution in [0.1, 0.15) is 15.9 Å². The summed E-state index contributed by atoms with van der Waals surface area (Å²) in [6.07, 6.45) is 1.67. The van der Waals surface area contributed by atoms with Crippen molar-refractivity contribution in [2.45, 2.75) is 0 Å². The maximum atomic E-state index is 12.6. The van der Waals surface area contributed by atoms with Crippen LogP contribution >= 0.6 is 35.6 Å². The van der Waals surface area contributed by atoms with Crippen LogP contribution in [0.25, 0.3) is 6.08 Å². The summed E-state index contributed by atoms with van der Waals surface area (Å²) in [4.78, 5) is 25.3. The number of carbonyl (C=O) groups excluding carboxylic acids is 2. The summed E-state index contributed by atoms with van der Waals surface area (Å²) in [5, 5.41) is 11.3. The number of nitrogens with zero attached hydrogens (tertiary/aromatic N) is 1. The zero-order valence-electron chi connectivity index (χ0n) is 12.1. The third kappa shape index (κ3) is 3.36. The number of hydrogen-bond donors (Lipinski definition) is 0. The monoisotopic (exact) mass is 374 g/mol. The number of thiocarbonyl (C=S) groups is 1. The van der Waals surface area contributed by atoms with E-state index in [-0.39, 0.29) is 11.5 Å². The molecule has 3 rings (SSSR count). The Morgan fingerprint density at radius 2 is 1.75 bits per heavy atom. The van der Waals surface area contributed by atoms with E-state index in [1.807, 2.05) is 0 Å². The molecule has 24 heavy (non-hydrogen) atoms. The van der Waals surface area contributed by atoms with Crippen LogP contribution in [0.5, 0.6) is 0 Å². The van der Waals surface area contributed by atoms with Crippen molar-refractivity contribution in [1.82, 2.24) is 0 Å². The minimum absolute atomic E-state index is 0.0841. The Bertz CT molecular complexity index is 860. The number of thioether (sulfide) groups is 1. The van der Waals surface area contributed by atoms with Gasteiger partial charge in [-0.2, -0.15) is 0 Å². The first-order chi connectivity index (χ1) is 11.5. The van der Waals surface area contributed by atoms with Crippen LogP contribution in [-0.2, 0) is 4.79 Å². The molecular weight excluding hydrogens is 366 g/mol. The number of hydrogen-bond acceptors (Lipinski definition) is 5. The molecular formula is C17H9ClNO3S2-. The molecule has 0 bridgehead atoms. The van der Waals surface area contributed by atoms with E-state index in [2.05, 4.69) is 0 Å². The second-order valence-corrected chi connectivity index (χ2v) is 7.02. The predicted molar refractivity (Wildman–Crippen MR) is 97.9 cm³/mol. The van der Waals surface area contributed by atoms with Gasteiger partial charge in [-0.15, -0.1) is 0 Å². The molecule has 4 nitrogen and oxygen atoms in total. The van der Waals surface area contributed by atoms with Gasteiger partial charge < -0.3 is 9.90 Å². The molecule has 120 valence electrons. The smallest absolute Gasteiger partial charge is 0.270 e. The van der Waals surface area contributed by atoms with Gasteiger partial charge in [0, 0.05) is 5.02 Å². The van der Waals surface area contributed by atoms with Crippen molar-refractivity contribution in [3.05, 3.63) is 69.6 Å². The maximum Gasteiger partial charge on any atom is 0.270 e. The number of aromatic carboxylic acids is 1. The van der Waals surface area contributed by atoms with Gasteiger partial charge in [-0.3, -0.25) is 9.69 Å². The molecule has 7 heteroatoms. The molecule has 2 aromatic rings. The highest BCUT2D eigenvalue weighted by atomic mass is 35.5. The lowest BCUT2D eigenvalue weighted by Gasteiger charge is -2.14. The minimum atomic E-state index is -1.24. The van der Waals surface area contributed by atoms with Gasteiger partial charge in [-0.25, -0.2) is 0 Å². The number of carbonyl (C=O) groups is 2. The summed E-state index contributed by atoms with van der Waals surface area (Å²) in [5.74, 6) is -1.47. The molecule has 0 unspecified atom stereocenters. The number of benzene rings is 2. The van der Waals surface area contributed by atoms with Crippen LogP contribution in [0.15, 0.2) is 53.4 Å². The van der Waals surface area contributed by atoms with Crippen LogP contribution in [-0.4, -0.2) is 16.2 Å². The Morgan fingerprint density at radius 3 is 2.33 bits per heavy atom. The van der Waals surface area contributed by atoms with Gasteiger partial charge >= 0.3 is 0 Å². The Morgan fingerprint density at radius 1 is 1.12 bits per heavy atom. The molecule has 1 aliphatic heterocycles. The lowest BCUT2D eigenvalue weighted by molar-refractivity contribution is -0.255. The van der Waals surface area contributed by atoms with Crippen LogP contribution in [0.4, 0.5) is 5.69 Å². The van der Waals surface area contributed by atoms with Crippen molar-refractivity contribution in [2.75, 3.05) is 4.90 Å². The molecule has 0 atom stereocenters. The predicted octanol–water partition coefficient (Wildman–Crippen LogP) is 3.11. The summed E-state index contributed by atoms with van der Waals surface area (Å²) in [6.45, 7) is 0. The average molecular weight is 375 g/mol. The Kier molecular flexibility index (Phi) is 4.71. The largest absolute Gasteiger partial charge is 0.545 e. The molecule has 1 amide bonds. The van der Waals surface area contributed by atoms with Crippen molar-refractivity contribution < 1.29 is 14.7 Å². The fraction of sp³-hybridized carbons (Fsp3) is 0. The van der Waals surface area contributed by atoms with E-state index in [0.717, 1.165) is 0 Å². The molecule has 0 radical (unpaired) electrons. The molecule has 0 aliphatic carbocycles. The fourth-order valence-electron chi connectivity index (χ4n) is 2.15. The molecule has 1 aliphatic rings. The van der Waals surface area contributed by atoms with Crippen molar-refractivity contribution >= 4 is 63.5 Å². The maximum absolute atomic E-state index is 12.6. The van der Waals surface area contributed by atoms with Gasteiger partial charge in [0.1, 0.15) is 0 Å². The van der Waals surface area contributed by atoms with Crippen LogP contribution in [0, 0.1) is 0 Å². The van der Waals surface area contributed by atoms with E-state index in [1.54, 1.807) is 42.5 Å². The molecule has 1 fully saturated rings. The van der Waals surface area contributed by atoms with Crippen LogP contribution < -0.4 is 10.0 Å². The van der Waals surface area contributed by atoms with E-state index in [9.17, 15) is 14.7 Å². The van der Waals surface area contributed by atoms with E-state index >= 15 is 0 Å². The summed E-state index contributed by atoms with van der Waals surface area (Å²) in [5.41, 5.74) is 1.44. The highest BCUT2D eigenvalue weighted by molar-refractivity contribution is 8.27. The molecule has 0 N–H and O–H groups in total. The third-order valence-corrected chi connectivity index (χ3v) is 4.88. The van der Waals surface area contributed by atoms with Gasteiger partial charge in [0.05, 0.1) is 16.6 Å². The zero-order valence-corrected chi connectivity index (χ0v) is 14.5. The second-order valence-electron chi connectivity index (χ2n) is 4.90. The number of carboxylic acid groups (broad SMARTS) is 1. The standard InChI is InChI=1S/C17H10ClNO3S2/c18-12-5-7-13(8-6-12)19-15(20)14(24-17(19)23)9-10-1-3-11(4-2-10)16(21)22/h1-9H,(H,21,22)/p-1/b14-9+. The third-order valence-electron chi connectivity index (χ3n) is 3.32. The van der Waals surface area contributed by atoms with Gasteiger partial charge in [-0.05, 0) is 41.5 Å². The number of carboxylic acids is 1. The Balaban J connectivity index is 1.87. The summed E-state index contributed by atoms with van der Waals surface area (Å²) < 4.78 is 0.430. The van der Waals surface area contributed by atoms with E-state index in [1.165, 1.54) is 28.8 Å². The van der Waals surface area contributed by atoms with Crippen LogP contribution in [0.3, 0.4) is 0 Å². The lowest BCUT2D eigenvalue weighted by Crippen LogP contribution is -2.27. The number of rotatable bonds is 3. The van der Waals surface area contributed by atoms with Gasteiger partial charge in [0.2, 0.25) is 0 Å². The first-order valence-electron chi connectivity index (χ1n) is 6.80. The highest BCUT2D eigenvalue weighted by Gasteiger charge is 2.33. The van der Waals surface area contributed by atoms with Gasteiger partial charge in [0.15, 0.2) is 4.32 Å². The van der Waals surface area contributed by atoms with Crippen molar-refractivity contribution in [1.29, 1.82) is 0 Å². The topological polar surface area (TPSA) is 60.4 Å². The average Bonchev–Trinajstić information content (AvgIpc) is 2.83. The highest BCUT2D eigenvalue weighted by Crippen LogP contribution is 2.36. The Hall–Kier alpha value is -2.15. The molecule has 1 saturated heterocycles. The first-order valence-corrected chi connectivity index (χ1v) is 8.41. The normalized spacial score (nSPS) is 16.0. The molecule has 0 aromatic heterocycles.